The zero-order valence-corrected chi connectivity index (χ0v) is 4.82. The molecule has 1 aliphatic rings. The summed E-state index contributed by atoms with van der Waals surface area (Å²) in [5, 5.41) is 0. The van der Waals surface area contributed by atoms with Crippen LogP contribution in [0.1, 0.15) is 0 Å². The third-order valence-electron chi connectivity index (χ3n) is 0.402. The Bertz CT molecular complexity index is 26.1. The average Bonchev–Trinajstić information content (AvgIpc) is 1.75. The predicted octanol–water partition coefficient (Wildman–Crippen LogP) is 0.217. The van der Waals surface area contributed by atoms with Crippen LogP contribution in [-0.2, 0) is 25.8 Å². The quantitative estimate of drug-likeness (QED) is 0.275. The largest absolute Gasteiger partial charge is 0.408 e. The zero-order valence-electron chi connectivity index (χ0n) is 2.81. The SMILES string of the molecule is [CH2-]C1CO1.[Mo]. The Labute approximate surface area is 46.0 Å². The molecule has 1 nitrogen and oxygen atoms in total. The van der Waals surface area contributed by atoms with Gasteiger partial charge in [-0.05, 0) is 6.10 Å². The molecule has 0 N–H and O–H groups in total. The number of epoxide rings is 1. The number of rotatable bonds is 0. The van der Waals surface area contributed by atoms with Crippen molar-refractivity contribution >= 4 is 0 Å². The number of hydrogen-bond donors (Lipinski definition) is 0. The molecule has 0 radical (unpaired) electrons. The summed E-state index contributed by atoms with van der Waals surface area (Å²) in [5.74, 6) is 0. The minimum Gasteiger partial charge on any atom is -0.408 e. The molecule has 0 aromatic carbocycles. The average molecular weight is 153 g/mol. The first kappa shape index (κ1) is 5.65. The van der Waals surface area contributed by atoms with Crippen LogP contribution in [0.2, 0.25) is 0 Å². The fourth-order valence-electron chi connectivity index (χ4n) is 0.0680. The number of hydrogen-bond acceptors (Lipinski definition) is 1. The monoisotopic (exact) mass is 155 g/mol. The van der Waals surface area contributed by atoms with Crippen molar-refractivity contribution in [1.82, 2.24) is 0 Å². The third kappa shape index (κ3) is 2.45. The van der Waals surface area contributed by atoms with E-state index >= 15 is 0 Å². The van der Waals surface area contributed by atoms with Gasteiger partial charge in [0.05, 0.1) is 0 Å². The van der Waals surface area contributed by atoms with Crippen molar-refractivity contribution < 1.29 is 25.8 Å². The van der Waals surface area contributed by atoms with Gasteiger partial charge in [0.25, 0.3) is 0 Å². The fourth-order valence-corrected chi connectivity index (χ4v) is 0.0680. The maximum atomic E-state index is 4.60. The van der Waals surface area contributed by atoms with Gasteiger partial charge in [-0.2, -0.15) is 0 Å². The van der Waals surface area contributed by atoms with Crippen LogP contribution in [0, 0.1) is 6.92 Å². The Morgan fingerprint density at radius 2 is 2.00 bits per heavy atom. The van der Waals surface area contributed by atoms with Crippen LogP contribution in [0.25, 0.3) is 0 Å². The van der Waals surface area contributed by atoms with Crippen LogP contribution in [0.5, 0.6) is 0 Å². The first-order chi connectivity index (χ1) is 1.89. The Balaban J connectivity index is 0.000000160. The zero-order chi connectivity index (χ0) is 2.99. The summed E-state index contributed by atoms with van der Waals surface area (Å²) < 4.78 is 4.60. The van der Waals surface area contributed by atoms with Gasteiger partial charge in [0.1, 0.15) is 0 Å². The Hall–Kier alpha value is 0.648. The molecule has 0 saturated carbocycles. The van der Waals surface area contributed by atoms with Gasteiger partial charge in [-0.3, -0.25) is 0 Å². The van der Waals surface area contributed by atoms with Gasteiger partial charge in [0.15, 0.2) is 0 Å². The van der Waals surface area contributed by atoms with E-state index in [-0.39, 0.29) is 21.1 Å². The van der Waals surface area contributed by atoms with Gasteiger partial charge in [0, 0.05) is 27.7 Å². The van der Waals surface area contributed by atoms with E-state index in [0.29, 0.717) is 6.10 Å². The van der Waals surface area contributed by atoms with Crippen molar-refractivity contribution in [3.05, 3.63) is 6.92 Å². The van der Waals surface area contributed by atoms with Crippen LogP contribution in [0.4, 0.5) is 0 Å². The van der Waals surface area contributed by atoms with Crippen LogP contribution in [0.15, 0.2) is 0 Å². The summed E-state index contributed by atoms with van der Waals surface area (Å²) in [6, 6.07) is 0. The summed E-state index contributed by atoms with van der Waals surface area (Å²) in [5.41, 5.74) is 0. The number of ether oxygens (including phenoxy) is 1. The van der Waals surface area contributed by atoms with Gasteiger partial charge in [-0.1, -0.05) is 0 Å². The molecule has 2 heteroatoms. The van der Waals surface area contributed by atoms with Crippen LogP contribution >= 0.6 is 0 Å². The molecular formula is C3H5MoO-. The van der Waals surface area contributed by atoms with Crippen molar-refractivity contribution in [1.29, 1.82) is 0 Å². The molecular weight excluding hydrogens is 148 g/mol. The van der Waals surface area contributed by atoms with Crippen molar-refractivity contribution in [3.63, 3.8) is 0 Å². The first-order valence-electron chi connectivity index (χ1n) is 1.34. The van der Waals surface area contributed by atoms with E-state index in [2.05, 4.69) is 11.7 Å². The molecule has 0 amide bonds. The van der Waals surface area contributed by atoms with E-state index in [1.807, 2.05) is 0 Å². The van der Waals surface area contributed by atoms with Crippen molar-refractivity contribution in [3.8, 4) is 0 Å². The van der Waals surface area contributed by atoms with Gasteiger partial charge < -0.3 is 11.7 Å². The smallest absolute Gasteiger partial charge is 0.0414 e. The second-order valence-electron chi connectivity index (χ2n) is 0.955. The summed E-state index contributed by atoms with van der Waals surface area (Å²) in [6.07, 6.45) is 0.333. The molecule has 1 unspecified atom stereocenters. The van der Waals surface area contributed by atoms with E-state index in [1.54, 1.807) is 0 Å². The third-order valence-corrected chi connectivity index (χ3v) is 0.402. The molecule has 0 aromatic heterocycles. The van der Waals surface area contributed by atoms with Crippen LogP contribution in [-0.4, -0.2) is 12.7 Å². The maximum Gasteiger partial charge on any atom is 0.0414 e. The molecule has 0 bridgehead atoms. The Morgan fingerprint density at radius 1 is 1.80 bits per heavy atom. The van der Waals surface area contributed by atoms with Crippen molar-refractivity contribution in [2.75, 3.05) is 6.61 Å². The van der Waals surface area contributed by atoms with Gasteiger partial charge >= 0.3 is 0 Å². The molecule has 5 heavy (non-hydrogen) atoms. The molecule has 1 fully saturated rings. The summed E-state index contributed by atoms with van der Waals surface area (Å²) in [4.78, 5) is 0. The Morgan fingerprint density at radius 3 is 2.00 bits per heavy atom. The van der Waals surface area contributed by atoms with Crippen LogP contribution in [0.3, 0.4) is 0 Å². The fraction of sp³-hybridized carbons (Fsp3) is 0.667. The van der Waals surface area contributed by atoms with E-state index in [0.717, 1.165) is 6.61 Å². The molecule has 1 rings (SSSR count). The topological polar surface area (TPSA) is 12.5 Å². The van der Waals surface area contributed by atoms with E-state index in [9.17, 15) is 0 Å². The van der Waals surface area contributed by atoms with Gasteiger partial charge in [-0.25, -0.2) is 0 Å². The molecule has 0 aliphatic carbocycles. The standard InChI is InChI=1S/C3H5O.Mo/c1-3-2-4-3;/h3H,1-2H2;/q-1;. The molecule has 1 heterocycles. The molecule has 1 aliphatic heterocycles. The van der Waals surface area contributed by atoms with Gasteiger partial charge in [-0.15, -0.1) is 0 Å². The van der Waals surface area contributed by atoms with E-state index < -0.39 is 0 Å². The molecule has 1 saturated heterocycles. The normalized spacial score (nSPS) is 31.8. The molecule has 0 spiro atoms. The summed E-state index contributed by atoms with van der Waals surface area (Å²) >= 11 is 0. The van der Waals surface area contributed by atoms with Crippen molar-refractivity contribution in [2.45, 2.75) is 6.10 Å². The van der Waals surface area contributed by atoms with E-state index in [1.165, 1.54) is 0 Å². The minimum absolute atomic E-state index is 0. The van der Waals surface area contributed by atoms with E-state index in [4.69, 9.17) is 0 Å². The van der Waals surface area contributed by atoms with Crippen LogP contribution < -0.4 is 0 Å². The summed E-state index contributed by atoms with van der Waals surface area (Å²) in [7, 11) is 0. The molecule has 0 aromatic rings. The predicted molar refractivity (Wildman–Crippen MR) is 15.1 cm³/mol. The Kier molecular flexibility index (Phi) is 2.19. The minimum atomic E-state index is 0. The van der Waals surface area contributed by atoms with Gasteiger partial charge in [0.2, 0.25) is 0 Å². The summed E-state index contributed by atoms with van der Waals surface area (Å²) in [6.45, 7) is 4.40. The second kappa shape index (κ2) is 1.94. The second-order valence-corrected chi connectivity index (χ2v) is 0.955. The van der Waals surface area contributed by atoms with Crippen molar-refractivity contribution in [2.24, 2.45) is 0 Å². The molecule has 1 atom stereocenters. The molecule has 30 valence electrons. The maximum absolute atomic E-state index is 4.60. The first-order valence-corrected chi connectivity index (χ1v) is 1.34.